The first kappa shape index (κ1) is 13.2. The quantitative estimate of drug-likeness (QED) is 0.490. The van der Waals surface area contributed by atoms with Crippen molar-refractivity contribution in [3.63, 3.8) is 0 Å². The minimum Gasteiger partial charge on any atom is -0.394 e. The molecular formula is C10H16N2O3S. The third-order valence-electron chi connectivity index (χ3n) is 1.90. The van der Waals surface area contributed by atoms with Crippen LogP contribution in [0.4, 0.5) is 0 Å². The molecule has 0 aromatic carbocycles. The molecule has 90 valence electrons. The number of nitrogens with zero attached hydrogens (tertiary/aromatic N) is 1. The Balaban J connectivity index is 2.68. The highest BCUT2D eigenvalue weighted by molar-refractivity contribution is 7.99. The molecule has 1 aromatic rings. The Kier molecular flexibility index (Phi) is 5.51. The van der Waals surface area contributed by atoms with Crippen molar-refractivity contribution in [1.82, 2.24) is 9.97 Å². The van der Waals surface area contributed by atoms with Gasteiger partial charge in [0.15, 0.2) is 5.16 Å². The Morgan fingerprint density at radius 2 is 2.38 bits per heavy atom. The van der Waals surface area contributed by atoms with E-state index < -0.39 is 6.10 Å². The van der Waals surface area contributed by atoms with Gasteiger partial charge in [0.05, 0.1) is 12.7 Å². The molecule has 0 aliphatic carbocycles. The van der Waals surface area contributed by atoms with E-state index in [4.69, 9.17) is 5.11 Å². The van der Waals surface area contributed by atoms with Crippen molar-refractivity contribution in [3.8, 4) is 0 Å². The van der Waals surface area contributed by atoms with Gasteiger partial charge in [-0.25, -0.2) is 4.98 Å². The van der Waals surface area contributed by atoms with E-state index in [0.29, 0.717) is 10.9 Å². The van der Waals surface area contributed by atoms with Crippen molar-refractivity contribution in [1.29, 1.82) is 0 Å². The van der Waals surface area contributed by atoms with Gasteiger partial charge in [-0.2, -0.15) is 0 Å². The molecule has 1 rings (SSSR count). The molecule has 5 nitrogen and oxygen atoms in total. The number of hydrogen-bond donors (Lipinski definition) is 3. The first-order chi connectivity index (χ1) is 7.65. The van der Waals surface area contributed by atoms with Crippen LogP contribution in [-0.4, -0.2) is 38.6 Å². The van der Waals surface area contributed by atoms with Crippen LogP contribution in [0.3, 0.4) is 0 Å². The predicted octanol–water partition coefficient (Wildman–Crippen LogP) is 0.168. The van der Waals surface area contributed by atoms with Crippen LogP contribution in [0.15, 0.2) is 16.0 Å². The Morgan fingerprint density at radius 3 is 3.00 bits per heavy atom. The van der Waals surface area contributed by atoms with Gasteiger partial charge in [0.2, 0.25) is 0 Å². The van der Waals surface area contributed by atoms with Crippen LogP contribution in [0, 0.1) is 0 Å². The van der Waals surface area contributed by atoms with Gasteiger partial charge in [-0.1, -0.05) is 25.1 Å². The van der Waals surface area contributed by atoms with E-state index in [1.807, 2.05) is 6.92 Å². The van der Waals surface area contributed by atoms with Crippen molar-refractivity contribution >= 4 is 11.8 Å². The number of aromatic nitrogens is 2. The molecule has 3 N–H and O–H groups in total. The van der Waals surface area contributed by atoms with Crippen LogP contribution in [0.1, 0.15) is 19.0 Å². The van der Waals surface area contributed by atoms with Crippen molar-refractivity contribution in [2.75, 3.05) is 12.4 Å². The topological polar surface area (TPSA) is 86.2 Å². The molecular weight excluding hydrogens is 228 g/mol. The average Bonchev–Trinajstić information content (AvgIpc) is 2.25. The molecule has 0 spiro atoms. The van der Waals surface area contributed by atoms with Crippen molar-refractivity contribution in [2.24, 2.45) is 0 Å². The van der Waals surface area contributed by atoms with Gasteiger partial charge in [0.25, 0.3) is 5.56 Å². The standard InChI is InChI=1S/C10H16N2O3S/c1-2-3-7-4-9(15)12-10(11-7)16-6-8(14)5-13/h4,8,13-14H,2-3,5-6H2,1H3,(H,11,12,15). The second-order valence-corrected chi connectivity index (χ2v) is 4.45. The first-order valence-corrected chi connectivity index (χ1v) is 6.16. The van der Waals surface area contributed by atoms with Gasteiger partial charge in [-0.05, 0) is 6.42 Å². The zero-order valence-electron chi connectivity index (χ0n) is 9.14. The molecule has 0 fully saturated rings. The number of thioether (sulfide) groups is 1. The zero-order chi connectivity index (χ0) is 12.0. The van der Waals surface area contributed by atoms with Gasteiger partial charge in [0, 0.05) is 17.5 Å². The van der Waals surface area contributed by atoms with Crippen molar-refractivity contribution in [3.05, 3.63) is 22.1 Å². The molecule has 0 bridgehead atoms. The first-order valence-electron chi connectivity index (χ1n) is 5.17. The fourth-order valence-electron chi connectivity index (χ4n) is 1.16. The summed E-state index contributed by atoms with van der Waals surface area (Å²) in [5.41, 5.74) is 0.576. The summed E-state index contributed by atoms with van der Waals surface area (Å²) in [6.45, 7) is 1.73. The second kappa shape index (κ2) is 6.67. The molecule has 0 saturated carbocycles. The molecule has 1 heterocycles. The summed E-state index contributed by atoms with van der Waals surface area (Å²) < 4.78 is 0. The SMILES string of the molecule is CCCc1cc(=O)[nH]c(SCC(O)CO)n1. The Bertz CT molecular complexity index is 381. The molecule has 1 aromatic heterocycles. The number of rotatable bonds is 6. The maximum Gasteiger partial charge on any atom is 0.251 e. The molecule has 16 heavy (non-hydrogen) atoms. The van der Waals surface area contributed by atoms with Crippen LogP contribution >= 0.6 is 11.8 Å². The normalized spacial score (nSPS) is 12.7. The van der Waals surface area contributed by atoms with Gasteiger partial charge in [0.1, 0.15) is 0 Å². The molecule has 1 unspecified atom stereocenters. The highest BCUT2D eigenvalue weighted by Gasteiger charge is 2.06. The minimum absolute atomic E-state index is 0.181. The monoisotopic (exact) mass is 244 g/mol. The highest BCUT2D eigenvalue weighted by atomic mass is 32.2. The molecule has 0 amide bonds. The lowest BCUT2D eigenvalue weighted by Crippen LogP contribution is -2.16. The fraction of sp³-hybridized carbons (Fsp3) is 0.600. The average molecular weight is 244 g/mol. The molecule has 0 aliphatic rings. The predicted molar refractivity (Wildman–Crippen MR) is 62.7 cm³/mol. The molecule has 0 aliphatic heterocycles. The van der Waals surface area contributed by atoms with Gasteiger partial charge >= 0.3 is 0 Å². The van der Waals surface area contributed by atoms with E-state index in [1.54, 1.807) is 0 Å². The Hall–Kier alpha value is -0.850. The van der Waals surface area contributed by atoms with Gasteiger partial charge < -0.3 is 15.2 Å². The van der Waals surface area contributed by atoms with E-state index in [9.17, 15) is 9.90 Å². The van der Waals surface area contributed by atoms with Crippen LogP contribution < -0.4 is 5.56 Å². The van der Waals surface area contributed by atoms with Crippen LogP contribution in [-0.2, 0) is 6.42 Å². The lowest BCUT2D eigenvalue weighted by Gasteiger charge is -2.06. The molecule has 0 radical (unpaired) electrons. The summed E-state index contributed by atoms with van der Waals surface area (Å²) in [6, 6.07) is 1.48. The third-order valence-corrected chi connectivity index (χ3v) is 2.92. The second-order valence-electron chi connectivity index (χ2n) is 3.44. The van der Waals surface area contributed by atoms with E-state index in [0.717, 1.165) is 18.5 Å². The van der Waals surface area contributed by atoms with Gasteiger partial charge in [-0.3, -0.25) is 4.79 Å². The van der Waals surface area contributed by atoms with Crippen molar-refractivity contribution < 1.29 is 10.2 Å². The maximum absolute atomic E-state index is 11.3. The number of H-pyrrole nitrogens is 1. The fourth-order valence-corrected chi connectivity index (χ4v) is 1.97. The number of aromatic amines is 1. The summed E-state index contributed by atoms with van der Waals surface area (Å²) in [5, 5.41) is 18.3. The maximum atomic E-state index is 11.3. The minimum atomic E-state index is -0.787. The lowest BCUT2D eigenvalue weighted by atomic mass is 10.2. The van der Waals surface area contributed by atoms with E-state index >= 15 is 0 Å². The summed E-state index contributed by atoms with van der Waals surface area (Å²) in [6.07, 6.45) is 0.907. The van der Waals surface area contributed by atoms with E-state index in [1.165, 1.54) is 17.8 Å². The number of aliphatic hydroxyl groups excluding tert-OH is 2. The smallest absolute Gasteiger partial charge is 0.251 e. The summed E-state index contributed by atoms with van der Waals surface area (Å²) in [7, 11) is 0. The van der Waals surface area contributed by atoms with Gasteiger partial charge in [-0.15, -0.1) is 0 Å². The summed E-state index contributed by atoms with van der Waals surface area (Å²) in [4.78, 5) is 18.1. The Morgan fingerprint density at radius 1 is 1.62 bits per heavy atom. The third kappa shape index (κ3) is 4.34. The van der Waals surface area contributed by atoms with E-state index in [2.05, 4.69) is 9.97 Å². The highest BCUT2D eigenvalue weighted by Crippen LogP contribution is 2.12. The number of aryl methyl sites for hydroxylation is 1. The summed E-state index contributed by atoms with van der Waals surface area (Å²) in [5.74, 6) is 0.315. The van der Waals surface area contributed by atoms with Crippen molar-refractivity contribution in [2.45, 2.75) is 31.0 Å². The largest absolute Gasteiger partial charge is 0.394 e. The lowest BCUT2D eigenvalue weighted by molar-refractivity contribution is 0.113. The van der Waals surface area contributed by atoms with Crippen LogP contribution in [0.5, 0.6) is 0 Å². The number of aliphatic hydroxyl groups is 2. The van der Waals surface area contributed by atoms with E-state index in [-0.39, 0.29) is 12.2 Å². The molecule has 1 atom stereocenters. The zero-order valence-corrected chi connectivity index (χ0v) is 9.96. The number of nitrogens with one attached hydrogen (secondary N) is 1. The number of hydrogen-bond acceptors (Lipinski definition) is 5. The van der Waals surface area contributed by atoms with Crippen LogP contribution in [0.25, 0.3) is 0 Å². The molecule has 0 saturated heterocycles. The summed E-state index contributed by atoms with van der Waals surface area (Å²) >= 11 is 1.23. The molecule has 6 heteroatoms. The Labute approximate surface area is 97.9 Å². The van der Waals surface area contributed by atoms with Crippen LogP contribution in [0.2, 0.25) is 0 Å².